The minimum Gasteiger partial charge on any atom is -0.453 e. The minimum absolute atomic E-state index is 0.0542. The van der Waals surface area contributed by atoms with E-state index in [0.717, 1.165) is 18.5 Å². The van der Waals surface area contributed by atoms with Gasteiger partial charge in [0.25, 0.3) is 11.6 Å². The number of alkyl halides is 1. The lowest BCUT2D eigenvalue weighted by Gasteiger charge is -2.36. The number of allylic oxidation sites excluding steroid dienone is 3. The number of nitrogens with zero attached hydrogens (tertiary/aromatic N) is 4. The smallest absolute Gasteiger partial charge is 0.406 e. The first-order valence-electron chi connectivity index (χ1n) is 12.3. The average Bonchev–Trinajstić information content (AvgIpc) is 3.30. The molecule has 3 heterocycles. The highest BCUT2D eigenvalue weighted by molar-refractivity contribution is 5.99. The number of hydrogen-bond acceptors (Lipinski definition) is 8. The van der Waals surface area contributed by atoms with Gasteiger partial charge in [-0.3, -0.25) is 4.79 Å². The van der Waals surface area contributed by atoms with E-state index in [4.69, 9.17) is 0 Å². The lowest BCUT2D eigenvalue weighted by atomic mass is 9.80. The molecule has 1 aliphatic carbocycles. The molecular formula is C26H31FN7O4+. The van der Waals surface area contributed by atoms with Crippen molar-refractivity contribution in [2.75, 3.05) is 25.5 Å². The summed E-state index contributed by atoms with van der Waals surface area (Å²) in [4.78, 5) is 28.8. The number of aliphatic hydroxyl groups is 1. The number of pyridine rings is 1. The van der Waals surface area contributed by atoms with Gasteiger partial charge in [0.2, 0.25) is 5.70 Å². The van der Waals surface area contributed by atoms with E-state index in [-0.39, 0.29) is 24.1 Å². The Hall–Kier alpha value is -4.11. The Morgan fingerprint density at radius 1 is 1.34 bits per heavy atom. The van der Waals surface area contributed by atoms with E-state index in [1.54, 1.807) is 10.8 Å². The molecule has 1 aromatic heterocycles. The number of carbonyl (C=O) groups excluding carboxylic acids is 2. The van der Waals surface area contributed by atoms with Gasteiger partial charge in [0.15, 0.2) is 0 Å². The highest BCUT2D eigenvalue weighted by atomic mass is 19.1. The Kier molecular flexibility index (Phi) is 7.87. The zero-order chi connectivity index (χ0) is 27.4. The van der Waals surface area contributed by atoms with Crippen molar-refractivity contribution in [1.82, 2.24) is 15.6 Å². The quantitative estimate of drug-likeness (QED) is 0.363. The molecule has 11 nitrogen and oxygen atoms in total. The molecule has 4 rings (SSSR count). The fourth-order valence-electron chi connectivity index (χ4n) is 4.33. The number of rotatable bonds is 9. The molecule has 12 heteroatoms. The van der Waals surface area contributed by atoms with Crippen molar-refractivity contribution in [3.8, 4) is 6.07 Å². The first-order valence-corrected chi connectivity index (χ1v) is 12.3. The third-order valence-electron chi connectivity index (χ3n) is 6.71. The van der Waals surface area contributed by atoms with Crippen LogP contribution in [0.1, 0.15) is 49.2 Å². The van der Waals surface area contributed by atoms with E-state index < -0.39 is 23.8 Å². The van der Waals surface area contributed by atoms with Gasteiger partial charge in [-0.25, -0.2) is 14.2 Å². The van der Waals surface area contributed by atoms with Crippen LogP contribution >= 0.6 is 0 Å². The van der Waals surface area contributed by atoms with Crippen LogP contribution in [0.15, 0.2) is 47.0 Å². The van der Waals surface area contributed by atoms with E-state index >= 15 is 0 Å². The number of hydrogen-bond donors (Lipinski definition) is 4. The van der Waals surface area contributed by atoms with Gasteiger partial charge in [-0.05, 0) is 48.5 Å². The van der Waals surface area contributed by atoms with E-state index in [9.17, 15) is 24.3 Å². The number of halogens is 1. The van der Waals surface area contributed by atoms with Gasteiger partial charge in [0, 0.05) is 30.9 Å². The molecule has 38 heavy (non-hydrogen) atoms. The second-order valence-corrected chi connectivity index (χ2v) is 10.1. The van der Waals surface area contributed by atoms with E-state index in [2.05, 4.69) is 36.9 Å². The van der Waals surface area contributed by atoms with Crippen LogP contribution in [0.3, 0.4) is 0 Å². The predicted molar refractivity (Wildman–Crippen MR) is 135 cm³/mol. The van der Waals surface area contributed by atoms with E-state index in [0.29, 0.717) is 35.6 Å². The molecule has 0 spiro atoms. The van der Waals surface area contributed by atoms with Crippen LogP contribution in [-0.4, -0.2) is 64.8 Å². The second kappa shape index (κ2) is 11.1. The molecule has 1 fully saturated rings. The van der Waals surface area contributed by atoms with Crippen molar-refractivity contribution in [2.24, 2.45) is 11.0 Å². The first kappa shape index (κ1) is 26.9. The van der Waals surface area contributed by atoms with E-state index in [1.165, 1.54) is 33.4 Å². The Labute approximate surface area is 219 Å². The fraction of sp³-hybridized carbons (Fsp3) is 0.462. The number of fused-ring (bicyclic) bond motifs is 1. The maximum Gasteiger partial charge on any atom is 0.406 e. The Morgan fingerprint density at radius 3 is 2.79 bits per heavy atom. The summed E-state index contributed by atoms with van der Waals surface area (Å²) in [6.07, 6.45) is 6.55. The summed E-state index contributed by atoms with van der Waals surface area (Å²) in [6, 6.07) is 3.92. The lowest BCUT2D eigenvalue weighted by molar-refractivity contribution is -0.449. The summed E-state index contributed by atoms with van der Waals surface area (Å²) in [5.74, 6) is -0.257. The molecule has 0 aromatic carbocycles. The molecule has 1 atom stereocenters. The molecule has 1 saturated carbocycles. The summed E-state index contributed by atoms with van der Waals surface area (Å²) in [6.45, 7) is 2.82. The van der Waals surface area contributed by atoms with Crippen LogP contribution in [0.25, 0.3) is 5.70 Å². The number of ether oxygens (including phenoxy) is 1. The van der Waals surface area contributed by atoms with Crippen LogP contribution in [-0.2, 0) is 4.74 Å². The average molecular weight is 525 g/mol. The topological polar surface area (TPSA) is 152 Å². The number of carbonyl (C=O) groups is 2. The van der Waals surface area contributed by atoms with Gasteiger partial charge in [0.1, 0.15) is 18.1 Å². The maximum absolute atomic E-state index is 14.2. The highest BCUT2D eigenvalue weighted by Gasteiger charge is 2.34. The Balaban J connectivity index is 1.52. The summed E-state index contributed by atoms with van der Waals surface area (Å²) in [5, 5.41) is 32.0. The molecule has 0 saturated heterocycles. The van der Waals surface area contributed by atoms with Crippen LogP contribution < -0.4 is 16.0 Å². The number of amides is 2. The number of alkyl carbamates (subject to hydrolysis) is 1. The molecule has 4 N–H and O–H groups in total. The van der Waals surface area contributed by atoms with Crippen LogP contribution in [0.5, 0.6) is 0 Å². The highest BCUT2D eigenvalue weighted by Crippen LogP contribution is 2.34. The predicted octanol–water partition coefficient (Wildman–Crippen LogP) is 2.98. The summed E-state index contributed by atoms with van der Waals surface area (Å²) < 4.78 is 20.6. The van der Waals surface area contributed by atoms with Crippen molar-refractivity contribution in [2.45, 2.75) is 50.9 Å². The third-order valence-corrected chi connectivity index (χ3v) is 6.71. The van der Waals surface area contributed by atoms with Gasteiger partial charge in [0.05, 0.1) is 48.6 Å². The van der Waals surface area contributed by atoms with Gasteiger partial charge < -0.3 is 25.8 Å². The van der Waals surface area contributed by atoms with Crippen molar-refractivity contribution < 1.29 is 28.5 Å². The number of azo groups is 2. The molecule has 2 amide bonds. The molecule has 0 bridgehead atoms. The largest absolute Gasteiger partial charge is 0.453 e. The molecule has 3 aliphatic rings. The Bertz CT molecular complexity index is 1280. The maximum atomic E-state index is 14.2. The monoisotopic (exact) mass is 524 g/mol. The second-order valence-electron chi connectivity index (χ2n) is 10.1. The molecule has 2 aliphatic heterocycles. The minimum atomic E-state index is -1.65. The summed E-state index contributed by atoms with van der Waals surface area (Å²) in [5.41, 5.74) is 1.84. The molecule has 0 radical (unpaired) electrons. The number of aromatic nitrogens is 1. The van der Waals surface area contributed by atoms with Crippen LogP contribution in [0, 0.1) is 17.2 Å². The number of anilines is 1. The Morgan fingerprint density at radius 2 is 2.11 bits per heavy atom. The molecular weight excluding hydrogens is 493 g/mol. The molecule has 200 valence electrons. The summed E-state index contributed by atoms with van der Waals surface area (Å²) >= 11 is 0. The number of methoxy groups -OCH3 is 1. The van der Waals surface area contributed by atoms with Gasteiger partial charge in [-0.2, -0.15) is 5.26 Å². The van der Waals surface area contributed by atoms with Crippen molar-refractivity contribution in [3.05, 3.63) is 53.1 Å². The lowest BCUT2D eigenvalue weighted by Crippen LogP contribution is -2.43. The van der Waals surface area contributed by atoms with Crippen molar-refractivity contribution >= 4 is 23.4 Å². The van der Waals surface area contributed by atoms with E-state index in [1.807, 2.05) is 12.2 Å². The molecule has 0 unspecified atom stereocenters. The SMILES string of the molecule is COC(=O)NCC1CC(Nc2cc(C3=CC=C4CC(C#N)=CN=[N+]43)ncc2C(=O)NC[C@@H](F)C(C)(C)O)C1. The zero-order valence-electron chi connectivity index (χ0n) is 21.5. The number of nitriles is 1. The van der Waals surface area contributed by atoms with Crippen LogP contribution in [0.4, 0.5) is 14.9 Å². The van der Waals surface area contributed by atoms with Gasteiger partial charge in [-0.15, -0.1) is 0 Å². The fourth-order valence-corrected chi connectivity index (χ4v) is 4.33. The standard InChI is InChI=1S/C26H30FN7O4/c1-26(2,37)23(27)14-30-24(35)19-13-29-21(22-5-4-18-8-16(10-28)12-32-34(18)22)9-20(19)33-17-6-15(7-17)11-31-25(36)38-3/h4-5,9,12-13,15,17,23,37H,6-8,11,14H2,1-3H3,(H2-,29,30,31,33,35,36)/p+1/t15?,17?,23-/m1/s1. The normalized spacial score (nSPS) is 20.8. The first-order chi connectivity index (χ1) is 18.1. The van der Waals surface area contributed by atoms with Gasteiger partial charge in [-0.1, -0.05) is 0 Å². The molecule has 1 aromatic rings. The van der Waals surface area contributed by atoms with Gasteiger partial charge >= 0.3 is 6.09 Å². The zero-order valence-corrected chi connectivity index (χ0v) is 21.5. The third kappa shape index (κ3) is 6.06. The van der Waals surface area contributed by atoms with Crippen molar-refractivity contribution in [3.63, 3.8) is 0 Å². The number of nitrogens with one attached hydrogen (secondary N) is 3. The van der Waals surface area contributed by atoms with Crippen LogP contribution in [0.2, 0.25) is 0 Å². The van der Waals surface area contributed by atoms with Crippen molar-refractivity contribution in [1.29, 1.82) is 5.26 Å². The summed E-state index contributed by atoms with van der Waals surface area (Å²) in [7, 11) is 1.31.